The molecule has 1 saturated heterocycles. The SMILES string of the molecule is Cc1cc(C)cc(N2CCC(c3nc(C4(N)CCCC4)no3)C2=O)c1.Cl. The van der Waals surface area contributed by atoms with E-state index < -0.39 is 5.54 Å². The van der Waals surface area contributed by atoms with Crippen LogP contribution in [0.3, 0.4) is 0 Å². The van der Waals surface area contributed by atoms with Crippen LogP contribution in [0.2, 0.25) is 0 Å². The molecule has 1 amide bonds. The molecule has 0 spiro atoms. The Bertz CT molecular complexity index is 793. The second-order valence-corrected chi connectivity index (χ2v) is 7.50. The van der Waals surface area contributed by atoms with Crippen LogP contribution in [0, 0.1) is 13.8 Å². The third-order valence-corrected chi connectivity index (χ3v) is 5.40. The number of rotatable bonds is 3. The maximum atomic E-state index is 12.9. The summed E-state index contributed by atoms with van der Waals surface area (Å²) in [5, 5.41) is 4.09. The van der Waals surface area contributed by atoms with Crippen LogP contribution in [0.1, 0.15) is 60.9 Å². The quantitative estimate of drug-likeness (QED) is 0.887. The largest absolute Gasteiger partial charge is 0.338 e. The molecule has 0 bridgehead atoms. The monoisotopic (exact) mass is 376 g/mol. The fraction of sp³-hybridized carbons (Fsp3) is 0.526. The van der Waals surface area contributed by atoms with E-state index in [1.165, 1.54) is 0 Å². The topological polar surface area (TPSA) is 85.2 Å². The molecule has 1 aromatic carbocycles. The molecule has 1 aromatic heterocycles. The van der Waals surface area contributed by atoms with Crippen LogP contribution >= 0.6 is 12.4 Å². The number of anilines is 1. The maximum Gasteiger partial charge on any atom is 0.239 e. The van der Waals surface area contributed by atoms with Gasteiger partial charge in [0.05, 0.1) is 5.54 Å². The molecular formula is C19H25ClN4O2. The lowest BCUT2D eigenvalue weighted by atomic mass is 9.98. The standard InChI is InChI=1S/C19H24N4O2.ClH/c1-12-9-13(2)11-14(10-12)23-8-5-15(17(23)24)16-21-18(22-25-16)19(20)6-3-4-7-19;/h9-11,15H,3-8,20H2,1-2H3;1H. The summed E-state index contributed by atoms with van der Waals surface area (Å²) in [5.74, 6) is 0.617. The van der Waals surface area contributed by atoms with Crippen LogP contribution in [0.15, 0.2) is 22.7 Å². The zero-order valence-electron chi connectivity index (χ0n) is 15.2. The molecule has 1 unspecified atom stereocenters. The van der Waals surface area contributed by atoms with E-state index in [-0.39, 0.29) is 24.2 Å². The molecule has 2 N–H and O–H groups in total. The van der Waals surface area contributed by atoms with Gasteiger partial charge >= 0.3 is 0 Å². The van der Waals surface area contributed by atoms with Gasteiger partial charge in [-0.25, -0.2) is 0 Å². The summed E-state index contributed by atoms with van der Waals surface area (Å²) in [6.45, 7) is 4.75. The number of aromatic nitrogens is 2. The van der Waals surface area contributed by atoms with Gasteiger partial charge in [-0.3, -0.25) is 4.79 Å². The van der Waals surface area contributed by atoms with Crippen LogP contribution in [-0.4, -0.2) is 22.6 Å². The number of halogens is 1. The zero-order valence-corrected chi connectivity index (χ0v) is 16.0. The van der Waals surface area contributed by atoms with Crippen LogP contribution < -0.4 is 10.6 Å². The van der Waals surface area contributed by atoms with Crippen LogP contribution in [0.25, 0.3) is 0 Å². The predicted molar refractivity (Wildman–Crippen MR) is 102 cm³/mol. The highest BCUT2D eigenvalue weighted by atomic mass is 35.5. The first-order valence-corrected chi connectivity index (χ1v) is 8.99. The average molecular weight is 377 g/mol. The minimum atomic E-state index is -0.489. The van der Waals surface area contributed by atoms with Crippen molar-refractivity contribution in [3.8, 4) is 0 Å². The van der Waals surface area contributed by atoms with E-state index in [0.717, 1.165) is 42.5 Å². The Hall–Kier alpha value is -1.92. The molecule has 2 fully saturated rings. The molecule has 2 heterocycles. The number of amides is 1. The van der Waals surface area contributed by atoms with E-state index in [9.17, 15) is 4.79 Å². The molecule has 140 valence electrons. The summed E-state index contributed by atoms with van der Waals surface area (Å²) in [5.41, 5.74) is 9.15. The van der Waals surface area contributed by atoms with E-state index >= 15 is 0 Å². The molecule has 1 atom stereocenters. The Morgan fingerprint density at radius 2 is 1.85 bits per heavy atom. The molecule has 26 heavy (non-hydrogen) atoms. The Balaban J connectivity index is 0.00000196. The second kappa shape index (κ2) is 7.00. The Morgan fingerprint density at radius 1 is 1.19 bits per heavy atom. The van der Waals surface area contributed by atoms with Crippen molar-refractivity contribution in [2.45, 2.75) is 57.4 Å². The molecule has 1 saturated carbocycles. The van der Waals surface area contributed by atoms with Crippen molar-refractivity contribution < 1.29 is 9.32 Å². The van der Waals surface area contributed by atoms with Crippen LogP contribution in [-0.2, 0) is 10.3 Å². The molecule has 0 radical (unpaired) electrons. The second-order valence-electron chi connectivity index (χ2n) is 7.50. The molecule has 2 aliphatic rings. The third-order valence-electron chi connectivity index (χ3n) is 5.40. The van der Waals surface area contributed by atoms with Gasteiger partial charge in [0.2, 0.25) is 11.8 Å². The van der Waals surface area contributed by atoms with Gasteiger partial charge in [-0.15, -0.1) is 12.4 Å². The lowest BCUT2D eigenvalue weighted by Gasteiger charge is -2.18. The van der Waals surface area contributed by atoms with E-state index in [4.69, 9.17) is 10.3 Å². The minimum absolute atomic E-state index is 0. The van der Waals surface area contributed by atoms with Gasteiger partial charge in [0.1, 0.15) is 5.92 Å². The lowest BCUT2D eigenvalue weighted by molar-refractivity contribution is -0.118. The molecule has 2 aromatic rings. The molecule has 6 nitrogen and oxygen atoms in total. The van der Waals surface area contributed by atoms with E-state index in [1.54, 1.807) is 0 Å². The first-order chi connectivity index (χ1) is 12.0. The third kappa shape index (κ3) is 3.23. The van der Waals surface area contributed by atoms with Gasteiger partial charge in [0, 0.05) is 12.2 Å². The summed E-state index contributed by atoms with van der Waals surface area (Å²) in [6, 6.07) is 6.19. The summed E-state index contributed by atoms with van der Waals surface area (Å²) >= 11 is 0. The van der Waals surface area contributed by atoms with Crippen molar-refractivity contribution in [1.29, 1.82) is 0 Å². The van der Waals surface area contributed by atoms with Crippen molar-refractivity contribution in [3.63, 3.8) is 0 Å². The number of nitrogens with two attached hydrogens (primary N) is 1. The van der Waals surface area contributed by atoms with E-state index in [2.05, 4.69) is 16.2 Å². The number of carbonyl (C=O) groups excluding carboxylic acids is 1. The van der Waals surface area contributed by atoms with Gasteiger partial charge in [0.25, 0.3) is 0 Å². The summed E-state index contributed by atoms with van der Waals surface area (Å²) in [4.78, 5) is 19.2. The number of carbonyl (C=O) groups is 1. The Kier molecular flexibility index (Phi) is 5.08. The van der Waals surface area contributed by atoms with Crippen molar-refractivity contribution in [2.75, 3.05) is 11.4 Å². The number of aryl methyl sites for hydroxylation is 2. The fourth-order valence-corrected chi connectivity index (χ4v) is 4.08. The predicted octanol–water partition coefficient (Wildman–Crippen LogP) is 3.36. The Labute approximate surface area is 159 Å². The highest BCUT2D eigenvalue weighted by Crippen LogP contribution is 2.37. The van der Waals surface area contributed by atoms with Gasteiger partial charge in [-0.05, 0) is 56.4 Å². The first kappa shape index (κ1) is 18.9. The highest BCUT2D eigenvalue weighted by Gasteiger charge is 2.41. The van der Waals surface area contributed by atoms with E-state index in [0.29, 0.717) is 24.7 Å². The number of benzene rings is 1. The molecule has 7 heteroatoms. The molecule has 4 rings (SSSR count). The van der Waals surface area contributed by atoms with Crippen LogP contribution in [0.4, 0.5) is 5.69 Å². The van der Waals surface area contributed by atoms with Crippen molar-refractivity contribution in [1.82, 2.24) is 10.1 Å². The van der Waals surface area contributed by atoms with Gasteiger partial charge < -0.3 is 15.2 Å². The lowest BCUT2D eigenvalue weighted by Crippen LogP contribution is -2.34. The van der Waals surface area contributed by atoms with Crippen LogP contribution in [0.5, 0.6) is 0 Å². The molecule has 1 aliphatic heterocycles. The number of nitrogens with zero attached hydrogens (tertiary/aromatic N) is 3. The average Bonchev–Trinajstić information content (AvgIpc) is 3.26. The maximum absolute atomic E-state index is 12.9. The minimum Gasteiger partial charge on any atom is -0.338 e. The highest BCUT2D eigenvalue weighted by molar-refractivity contribution is 5.99. The summed E-state index contributed by atoms with van der Waals surface area (Å²) < 4.78 is 5.44. The smallest absolute Gasteiger partial charge is 0.239 e. The number of hydrogen-bond acceptors (Lipinski definition) is 5. The molecular weight excluding hydrogens is 352 g/mol. The zero-order chi connectivity index (χ0) is 17.6. The summed E-state index contributed by atoms with van der Waals surface area (Å²) in [6.07, 6.45) is 4.61. The Morgan fingerprint density at radius 3 is 2.50 bits per heavy atom. The van der Waals surface area contributed by atoms with Crippen molar-refractivity contribution >= 4 is 24.0 Å². The summed E-state index contributed by atoms with van der Waals surface area (Å²) in [7, 11) is 0. The van der Waals surface area contributed by atoms with E-state index in [1.807, 2.05) is 30.9 Å². The first-order valence-electron chi connectivity index (χ1n) is 8.99. The number of hydrogen-bond donors (Lipinski definition) is 1. The van der Waals surface area contributed by atoms with Crippen molar-refractivity contribution in [3.05, 3.63) is 41.0 Å². The fourth-order valence-electron chi connectivity index (χ4n) is 4.08. The van der Waals surface area contributed by atoms with Crippen molar-refractivity contribution in [2.24, 2.45) is 5.73 Å². The van der Waals surface area contributed by atoms with Gasteiger partial charge in [0.15, 0.2) is 5.82 Å². The van der Waals surface area contributed by atoms with Gasteiger partial charge in [-0.1, -0.05) is 24.1 Å². The molecule has 1 aliphatic carbocycles. The normalized spacial score (nSPS) is 21.9. The van der Waals surface area contributed by atoms with Gasteiger partial charge in [-0.2, -0.15) is 4.98 Å².